The summed E-state index contributed by atoms with van der Waals surface area (Å²) in [7, 11) is -3.88. The van der Waals surface area contributed by atoms with Gasteiger partial charge >= 0.3 is 0 Å². The molecule has 0 unspecified atom stereocenters. The summed E-state index contributed by atoms with van der Waals surface area (Å²) in [4.78, 5) is 9.98. The Morgan fingerprint density at radius 3 is 2.47 bits per heavy atom. The van der Waals surface area contributed by atoms with Crippen LogP contribution in [0.1, 0.15) is 18.1 Å². The molecular formula is C11H16N2O5S. The number of aliphatic hydroxyl groups excluding tert-OH is 1. The molecule has 1 aromatic carbocycles. The summed E-state index contributed by atoms with van der Waals surface area (Å²) >= 11 is 0. The van der Waals surface area contributed by atoms with E-state index in [1.54, 1.807) is 13.8 Å². The molecule has 0 amide bonds. The molecule has 0 aliphatic carbocycles. The summed E-state index contributed by atoms with van der Waals surface area (Å²) in [6, 6.07) is 2.34. The number of sulfonamides is 1. The number of aryl methyl sites for hydroxylation is 1. The molecule has 0 radical (unpaired) electrons. The van der Waals surface area contributed by atoms with Gasteiger partial charge in [-0.05, 0) is 31.9 Å². The highest BCUT2D eigenvalue weighted by Gasteiger charge is 2.22. The van der Waals surface area contributed by atoms with Gasteiger partial charge in [-0.2, -0.15) is 0 Å². The number of rotatable bonds is 5. The van der Waals surface area contributed by atoms with Crippen LogP contribution in [0.4, 0.5) is 5.69 Å². The maximum absolute atomic E-state index is 12.0. The number of nitro benzene ring substituents is 1. The van der Waals surface area contributed by atoms with Crippen LogP contribution in [0.2, 0.25) is 0 Å². The molecule has 8 heteroatoms. The standard InChI is InChI=1S/C11H16N2O5S/c1-7-4-10(13(15)16)5-11(9(7)3)19(17,18)12-6-8(2)14/h4-5,8,12,14H,6H2,1-3H3/t8-/m0/s1. The molecule has 2 N–H and O–H groups in total. The fraction of sp³-hybridized carbons (Fsp3) is 0.455. The third-order valence-corrected chi connectivity index (χ3v) is 4.22. The van der Waals surface area contributed by atoms with Gasteiger partial charge in [-0.3, -0.25) is 10.1 Å². The van der Waals surface area contributed by atoms with Gasteiger partial charge < -0.3 is 5.11 Å². The summed E-state index contributed by atoms with van der Waals surface area (Å²) in [5, 5.41) is 19.9. The van der Waals surface area contributed by atoms with Crippen molar-refractivity contribution in [2.24, 2.45) is 0 Å². The molecule has 0 heterocycles. The van der Waals surface area contributed by atoms with E-state index in [0.717, 1.165) is 6.07 Å². The van der Waals surface area contributed by atoms with Gasteiger partial charge in [-0.15, -0.1) is 0 Å². The maximum Gasteiger partial charge on any atom is 0.271 e. The van der Waals surface area contributed by atoms with E-state index >= 15 is 0 Å². The van der Waals surface area contributed by atoms with Crippen molar-refractivity contribution in [1.82, 2.24) is 4.72 Å². The lowest BCUT2D eigenvalue weighted by Crippen LogP contribution is -2.31. The van der Waals surface area contributed by atoms with Crippen LogP contribution < -0.4 is 4.72 Å². The Kier molecular flexibility index (Phi) is 4.61. The van der Waals surface area contributed by atoms with E-state index in [1.807, 2.05) is 0 Å². The highest BCUT2D eigenvalue weighted by Crippen LogP contribution is 2.25. The number of nitro groups is 1. The first-order chi connectivity index (χ1) is 8.65. The van der Waals surface area contributed by atoms with Gasteiger partial charge in [0, 0.05) is 18.7 Å². The number of nitrogens with zero attached hydrogens (tertiary/aromatic N) is 1. The molecule has 19 heavy (non-hydrogen) atoms. The second-order valence-corrected chi connectivity index (χ2v) is 6.08. The molecule has 0 spiro atoms. The van der Waals surface area contributed by atoms with Crippen LogP contribution in [0.15, 0.2) is 17.0 Å². The second-order valence-electron chi connectivity index (χ2n) is 4.34. The molecule has 7 nitrogen and oxygen atoms in total. The first kappa shape index (κ1) is 15.5. The minimum Gasteiger partial charge on any atom is -0.392 e. The summed E-state index contributed by atoms with van der Waals surface area (Å²) < 4.78 is 26.3. The molecule has 1 atom stereocenters. The van der Waals surface area contributed by atoms with Crippen LogP contribution >= 0.6 is 0 Å². The quantitative estimate of drug-likeness (QED) is 0.617. The van der Waals surface area contributed by atoms with Gasteiger partial charge in [0.15, 0.2) is 0 Å². The van der Waals surface area contributed by atoms with Crippen molar-refractivity contribution in [3.05, 3.63) is 33.4 Å². The highest BCUT2D eigenvalue weighted by molar-refractivity contribution is 7.89. The minimum absolute atomic E-state index is 0.139. The number of benzene rings is 1. The Morgan fingerprint density at radius 1 is 1.42 bits per heavy atom. The van der Waals surface area contributed by atoms with Crippen molar-refractivity contribution in [3.8, 4) is 0 Å². The zero-order valence-corrected chi connectivity index (χ0v) is 11.7. The molecule has 1 aromatic rings. The number of aliphatic hydroxyl groups is 1. The van der Waals surface area contributed by atoms with Crippen LogP contribution in [0.25, 0.3) is 0 Å². The Bertz CT molecular complexity index is 595. The molecule has 0 aromatic heterocycles. The van der Waals surface area contributed by atoms with Gasteiger partial charge in [0.25, 0.3) is 5.69 Å². The highest BCUT2D eigenvalue weighted by atomic mass is 32.2. The molecule has 0 bridgehead atoms. The SMILES string of the molecule is Cc1cc([N+](=O)[O-])cc(S(=O)(=O)NC[C@H](C)O)c1C. The van der Waals surface area contributed by atoms with Crippen LogP contribution in [-0.2, 0) is 10.0 Å². The fourth-order valence-corrected chi connectivity index (χ4v) is 2.96. The van der Waals surface area contributed by atoms with E-state index in [1.165, 1.54) is 13.0 Å². The lowest BCUT2D eigenvalue weighted by molar-refractivity contribution is -0.385. The van der Waals surface area contributed by atoms with Crippen molar-refractivity contribution < 1.29 is 18.4 Å². The molecule has 0 saturated heterocycles. The Balaban J connectivity index is 3.29. The Hall–Kier alpha value is -1.51. The number of nitrogens with one attached hydrogen (secondary N) is 1. The van der Waals surface area contributed by atoms with Crippen molar-refractivity contribution in [1.29, 1.82) is 0 Å². The van der Waals surface area contributed by atoms with E-state index in [-0.39, 0.29) is 17.1 Å². The number of hydrogen-bond donors (Lipinski definition) is 2. The van der Waals surface area contributed by atoms with E-state index < -0.39 is 21.1 Å². The van der Waals surface area contributed by atoms with Crippen molar-refractivity contribution in [3.63, 3.8) is 0 Å². The van der Waals surface area contributed by atoms with Gasteiger partial charge in [0.05, 0.1) is 15.9 Å². The van der Waals surface area contributed by atoms with Crippen LogP contribution in [0.5, 0.6) is 0 Å². The van der Waals surface area contributed by atoms with E-state index in [0.29, 0.717) is 11.1 Å². The predicted octanol–water partition coefficient (Wildman–Crippen LogP) is 0.871. The molecule has 0 saturated carbocycles. The lowest BCUT2D eigenvalue weighted by Gasteiger charge is -2.12. The normalized spacial score (nSPS) is 13.3. The lowest BCUT2D eigenvalue weighted by atomic mass is 10.1. The van der Waals surface area contributed by atoms with Crippen molar-refractivity contribution in [2.45, 2.75) is 31.8 Å². The molecule has 0 fully saturated rings. The van der Waals surface area contributed by atoms with Gasteiger partial charge in [0.1, 0.15) is 0 Å². The van der Waals surface area contributed by atoms with E-state index in [9.17, 15) is 18.5 Å². The zero-order valence-electron chi connectivity index (χ0n) is 10.9. The molecule has 0 aliphatic rings. The average Bonchev–Trinajstić information content (AvgIpc) is 2.29. The monoisotopic (exact) mass is 288 g/mol. The van der Waals surface area contributed by atoms with Crippen LogP contribution in [-0.4, -0.2) is 31.1 Å². The van der Waals surface area contributed by atoms with Crippen LogP contribution in [0, 0.1) is 24.0 Å². The number of non-ortho nitro benzene ring substituents is 1. The van der Waals surface area contributed by atoms with Crippen molar-refractivity contribution >= 4 is 15.7 Å². The maximum atomic E-state index is 12.0. The van der Waals surface area contributed by atoms with Gasteiger partial charge in [-0.1, -0.05) is 0 Å². The molecule has 1 rings (SSSR count). The summed E-state index contributed by atoms with van der Waals surface area (Å²) in [6.07, 6.45) is -0.838. The minimum atomic E-state index is -3.88. The van der Waals surface area contributed by atoms with E-state index in [4.69, 9.17) is 5.11 Å². The third kappa shape index (κ3) is 3.72. The summed E-state index contributed by atoms with van der Waals surface area (Å²) in [6.45, 7) is 4.48. The Morgan fingerprint density at radius 2 is 2.00 bits per heavy atom. The average molecular weight is 288 g/mol. The zero-order chi connectivity index (χ0) is 14.8. The molecule has 0 aliphatic heterocycles. The van der Waals surface area contributed by atoms with Gasteiger partial charge in [-0.25, -0.2) is 13.1 Å². The molecule has 106 valence electrons. The van der Waals surface area contributed by atoms with Crippen LogP contribution in [0.3, 0.4) is 0 Å². The Labute approximate surface area is 111 Å². The van der Waals surface area contributed by atoms with Crippen molar-refractivity contribution in [2.75, 3.05) is 6.54 Å². The number of hydrogen-bond acceptors (Lipinski definition) is 5. The summed E-state index contributed by atoms with van der Waals surface area (Å²) in [5.41, 5.74) is 0.691. The summed E-state index contributed by atoms with van der Waals surface area (Å²) in [5.74, 6) is 0. The topological polar surface area (TPSA) is 110 Å². The third-order valence-electron chi connectivity index (χ3n) is 2.67. The largest absolute Gasteiger partial charge is 0.392 e. The second kappa shape index (κ2) is 5.64. The smallest absolute Gasteiger partial charge is 0.271 e. The predicted molar refractivity (Wildman–Crippen MR) is 69.4 cm³/mol. The molecular weight excluding hydrogens is 272 g/mol. The van der Waals surface area contributed by atoms with E-state index in [2.05, 4.69) is 4.72 Å². The fourth-order valence-electron chi connectivity index (χ4n) is 1.50. The van der Waals surface area contributed by atoms with Gasteiger partial charge in [0.2, 0.25) is 10.0 Å². The first-order valence-corrected chi connectivity index (χ1v) is 7.07. The first-order valence-electron chi connectivity index (χ1n) is 5.58.